The monoisotopic (exact) mass is 285 g/mol. The minimum Gasteiger partial charge on any atom is -0.387 e. The number of hydrogen-bond donors (Lipinski definition) is 2. The molecule has 1 unspecified atom stereocenters. The molecule has 0 radical (unpaired) electrons. The third-order valence-corrected chi connectivity index (χ3v) is 4.14. The van der Waals surface area contributed by atoms with Gasteiger partial charge in [0, 0.05) is 24.5 Å². The fourth-order valence-electron chi connectivity index (χ4n) is 3.29. The SMILES string of the molecule is Cc1c(CC(N)=O)c2n(c1-c1cccnc1)CCCC2O. The van der Waals surface area contributed by atoms with Crippen LogP contribution >= 0.6 is 0 Å². The van der Waals surface area contributed by atoms with Crippen molar-refractivity contribution in [2.45, 2.75) is 38.8 Å². The van der Waals surface area contributed by atoms with Gasteiger partial charge in [0.05, 0.1) is 23.9 Å². The molecule has 5 heteroatoms. The fourth-order valence-corrected chi connectivity index (χ4v) is 3.29. The van der Waals surface area contributed by atoms with Crippen LogP contribution in [0.15, 0.2) is 24.5 Å². The van der Waals surface area contributed by atoms with E-state index in [-0.39, 0.29) is 12.3 Å². The third-order valence-electron chi connectivity index (χ3n) is 4.14. The molecule has 0 bridgehead atoms. The van der Waals surface area contributed by atoms with Gasteiger partial charge in [-0.25, -0.2) is 0 Å². The first-order chi connectivity index (χ1) is 10.1. The molecule has 0 aliphatic carbocycles. The first-order valence-corrected chi connectivity index (χ1v) is 7.18. The average Bonchev–Trinajstić information content (AvgIpc) is 2.73. The Morgan fingerprint density at radius 3 is 3.05 bits per heavy atom. The highest BCUT2D eigenvalue weighted by molar-refractivity contribution is 5.79. The maximum absolute atomic E-state index is 11.4. The topological polar surface area (TPSA) is 81.1 Å². The van der Waals surface area contributed by atoms with Gasteiger partial charge in [0.2, 0.25) is 5.91 Å². The average molecular weight is 285 g/mol. The molecular weight excluding hydrogens is 266 g/mol. The van der Waals surface area contributed by atoms with E-state index in [9.17, 15) is 9.90 Å². The molecule has 1 aliphatic heterocycles. The van der Waals surface area contributed by atoms with Crippen LogP contribution in [-0.2, 0) is 17.8 Å². The van der Waals surface area contributed by atoms with E-state index in [0.717, 1.165) is 47.5 Å². The largest absolute Gasteiger partial charge is 0.387 e. The summed E-state index contributed by atoms with van der Waals surface area (Å²) in [6.07, 6.45) is 4.83. The van der Waals surface area contributed by atoms with Gasteiger partial charge in [-0.3, -0.25) is 9.78 Å². The number of amides is 1. The molecule has 0 aromatic carbocycles. The van der Waals surface area contributed by atoms with Gasteiger partial charge in [0.1, 0.15) is 0 Å². The smallest absolute Gasteiger partial charge is 0.221 e. The van der Waals surface area contributed by atoms with Crippen molar-refractivity contribution in [1.29, 1.82) is 0 Å². The third kappa shape index (κ3) is 2.34. The van der Waals surface area contributed by atoms with Crippen molar-refractivity contribution in [1.82, 2.24) is 9.55 Å². The van der Waals surface area contributed by atoms with Gasteiger partial charge in [0.15, 0.2) is 0 Å². The Labute approximate surface area is 123 Å². The lowest BCUT2D eigenvalue weighted by atomic mass is 9.99. The molecule has 0 spiro atoms. The van der Waals surface area contributed by atoms with Crippen molar-refractivity contribution >= 4 is 5.91 Å². The molecule has 5 nitrogen and oxygen atoms in total. The lowest BCUT2D eigenvalue weighted by Crippen LogP contribution is -2.20. The van der Waals surface area contributed by atoms with Crippen LogP contribution in [0.25, 0.3) is 11.3 Å². The molecule has 2 aromatic heterocycles. The second-order valence-electron chi connectivity index (χ2n) is 5.53. The number of carbonyl (C=O) groups excluding carboxylic acids is 1. The van der Waals surface area contributed by atoms with Crippen molar-refractivity contribution < 1.29 is 9.90 Å². The number of aliphatic hydroxyl groups excluding tert-OH is 1. The number of fused-ring (bicyclic) bond motifs is 1. The summed E-state index contributed by atoms with van der Waals surface area (Å²) in [5.41, 5.74) is 10.1. The second kappa shape index (κ2) is 5.33. The predicted molar refractivity (Wildman–Crippen MR) is 79.5 cm³/mol. The Kier molecular flexibility index (Phi) is 3.51. The zero-order chi connectivity index (χ0) is 15.0. The maximum atomic E-state index is 11.4. The minimum absolute atomic E-state index is 0.165. The summed E-state index contributed by atoms with van der Waals surface area (Å²) in [5, 5.41) is 10.4. The number of aromatic nitrogens is 2. The van der Waals surface area contributed by atoms with E-state index in [2.05, 4.69) is 9.55 Å². The van der Waals surface area contributed by atoms with Crippen molar-refractivity contribution in [3.8, 4) is 11.3 Å². The van der Waals surface area contributed by atoms with Crippen LogP contribution in [0.3, 0.4) is 0 Å². The zero-order valence-electron chi connectivity index (χ0n) is 12.0. The van der Waals surface area contributed by atoms with Crippen molar-refractivity contribution in [3.63, 3.8) is 0 Å². The van der Waals surface area contributed by atoms with Gasteiger partial charge in [-0.05, 0) is 43.0 Å². The maximum Gasteiger partial charge on any atom is 0.221 e. The van der Waals surface area contributed by atoms with E-state index in [0.29, 0.717) is 0 Å². The van der Waals surface area contributed by atoms with Crippen LogP contribution in [0.1, 0.15) is 35.8 Å². The number of aliphatic hydroxyl groups is 1. The van der Waals surface area contributed by atoms with Gasteiger partial charge in [-0.15, -0.1) is 0 Å². The van der Waals surface area contributed by atoms with Gasteiger partial charge in [-0.2, -0.15) is 0 Å². The number of carbonyl (C=O) groups is 1. The first-order valence-electron chi connectivity index (χ1n) is 7.18. The van der Waals surface area contributed by atoms with E-state index < -0.39 is 6.10 Å². The molecule has 3 heterocycles. The predicted octanol–water partition coefficient (Wildman–Crippen LogP) is 1.71. The number of hydrogen-bond acceptors (Lipinski definition) is 3. The van der Waals surface area contributed by atoms with Crippen LogP contribution in [0.4, 0.5) is 0 Å². The molecule has 1 atom stereocenters. The quantitative estimate of drug-likeness (QED) is 0.901. The van der Waals surface area contributed by atoms with E-state index >= 15 is 0 Å². The van der Waals surface area contributed by atoms with Crippen LogP contribution in [-0.4, -0.2) is 20.6 Å². The Hall–Kier alpha value is -2.14. The van der Waals surface area contributed by atoms with Crippen LogP contribution in [0, 0.1) is 6.92 Å². The molecule has 0 fully saturated rings. The summed E-state index contributed by atoms with van der Waals surface area (Å²) in [4.78, 5) is 15.6. The highest BCUT2D eigenvalue weighted by atomic mass is 16.3. The van der Waals surface area contributed by atoms with E-state index in [1.165, 1.54) is 0 Å². The highest BCUT2D eigenvalue weighted by Crippen LogP contribution is 2.38. The normalized spacial score (nSPS) is 17.5. The van der Waals surface area contributed by atoms with Crippen LogP contribution in [0.2, 0.25) is 0 Å². The second-order valence-corrected chi connectivity index (χ2v) is 5.53. The Morgan fingerprint density at radius 1 is 1.57 bits per heavy atom. The minimum atomic E-state index is -0.530. The van der Waals surface area contributed by atoms with Gasteiger partial charge < -0.3 is 15.4 Å². The Balaban J connectivity index is 2.23. The van der Waals surface area contributed by atoms with E-state index in [4.69, 9.17) is 5.73 Å². The molecule has 21 heavy (non-hydrogen) atoms. The molecule has 3 N–H and O–H groups in total. The number of pyridine rings is 1. The number of primary amides is 1. The molecule has 0 saturated heterocycles. The zero-order valence-corrected chi connectivity index (χ0v) is 12.0. The van der Waals surface area contributed by atoms with Crippen LogP contribution < -0.4 is 5.73 Å². The summed E-state index contributed by atoms with van der Waals surface area (Å²) < 4.78 is 2.12. The summed E-state index contributed by atoms with van der Waals surface area (Å²) in [7, 11) is 0. The molecule has 0 saturated carbocycles. The summed E-state index contributed by atoms with van der Waals surface area (Å²) in [6, 6.07) is 3.89. The van der Waals surface area contributed by atoms with E-state index in [1.807, 2.05) is 25.3 Å². The number of nitrogens with zero attached hydrogens (tertiary/aromatic N) is 2. The Bertz CT molecular complexity index is 677. The van der Waals surface area contributed by atoms with E-state index in [1.54, 1.807) is 6.20 Å². The highest BCUT2D eigenvalue weighted by Gasteiger charge is 2.28. The van der Waals surface area contributed by atoms with Crippen molar-refractivity contribution in [3.05, 3.63) is 41.3 Å². The lowest BCUT2D eigenvalue weighted by molar-refractivity contribution is -0.117. The molecule has 1 amide bonds. The van der Waals surface area contributed by atoms with Crippen LogP contribution in [0.5, 0.6) is 0 Å². The fraction of sp³-hybridized carbons (Fsp3) is 0.375. The first kappa shape index (κ1) is 13.8. The van der Waals surface area contributed by atoms with Gasteiger partial charge >= 0.3 is 0 Å². The van der Waals surface area contributed by atoms with Crippen molar-refractivity contribution in [2.24, 2.45) is 5.73 Å². The van der Waals surface area contributed by atoms with Crippen molar-refractivity contribution in [2.75, 3.05) is 0 Å². The summed E-state index contributed by atoms with van der Waals surface area (Å²) >= 11 is 0. The number of rotatable bonds is 3. The molecule has 1 aliphatic rings. The molecular formula is C16H19N3O2. The summed E-state index contributed by atoms with van der Waals surface area (Å²) in [6.45, 7) is 2.83. The van der Waals surface area contributed by atoms with Gasteiger partial charge in [0.25, 0.3) is 0 Å². The summed E-state index contributed by atoms with van der Waals surface area (Å²) in [5.74, 6) is -0.373. The standard InChI is InChI=1S/C16H19N3O2/c1-10-12(8-14(17)21)16-13(20)5-3-7-19(16)15(10)11-4-2-6-18-9-11/h2,4,6,9,13,20H,3,5,7-8H2,1H3,(H2,17,21). The number of nitrogens with two attached hydrogens (primary N) is 1. The Morgan fingerprint density at radius 2 is 2.38 bits per heavy atom. The van der Waals surface area contributed by atoms with Gasteiger partial charge in [-0.1, -0.05) is 0 Å². The molecule has 110 valence electrons. The molecule has 2 aromatic rings. The molecule has 3 rings (SSSR count). The lowest BCUT2D eigenvalue weighted by Gasteiger charge is -2.23.